The summed E-state index contributed by atoms with van der Waals surface area (Å²) in [7, 11) is 0. The molecule has 2 aliphatic carbocycles. The molecule has 0 saturated heterocycles. The van der Waals surface area contributed by atoms with Crippen molar-refractivity contribution in [2.45, 2.75) is 50.4 Å². The monoisotopic (exact) mass is 215 g/mol. The predicted molar refractivity (Wildman–Crippen MR) is 67.7 cm³/mol. The molecule has 0 radical (unpaired) electrons. The van der Waals surface area contributed by atoms with Crippen LogP contribution in [0.15, 0.2) is 18.2 Å². The van der Waals surface area contributed by atoms with Gasteiger partial charge in [-0.3, -0.25) is 0 Å². The van der Waals surface area contributed by atoms with E-state index in [0.29, 0.717) is 5.41 Å². The van der Waals surface area contributed by atoms with Crippen LogP contribution in [0.3, 0.4) is 0 Å². The first-order valence-electron chi connectivity index (χ1n) is 6.57. The number of hydrogen-bond acceptors (Lipinski definition) is 1. The van der Waals surface area contributed by atoms with E-state index in [2.05, 4.69) is 25.1 Å². The largest absolute Gasteiger partial charge is 0.330 e. The van der Waals surface area contributed by atoms with Crippen LogP contribution in [0.2, 0.25) is 0 Å². The molecule has 0 heterocycles. The zero-order chi connectivity index (χ0) is 11.2. The minimum Gasteiger partial charge on any atom is -0.330 e. The molecule has 1 nitrogen and oxygen atoms in total. The third-order valence-corrected chi connectivity index (χ3v) is 4.62. The van der Waals surface area contributed by atoms with Crippen molar-refractivity contribution < 1.29 is 0 Å². The molecule has 2 N–H and O–H groups in total. The van der Waals surface area contributed by atoms with Crippen molar-refractivity contribution in [1.29, 1.82) is 0 Å². The molecule has 3 rings (SSSR count). The molecule has 0 aromatic heterocycles. The topological polar surface area (TPSA) is 26.0 Å². The van der Waals surface area contributed by atoms with Crippen LogP contribution >= 0.6 is 0 Å². The van der Waals surface area contributed by atoms with Gasteiger partial charge < -0.3 is 5.73 Å². The molecule has 1 atom stereocenters. The first kappa shape index (κ1) is 10.3. The molecule has 1 aromatic rings. The Hall–Kier alpha value is -0.820. The zero-order valence-corrected chi connectivity index (χ0v) is 10.1. The normalized spacial score (nSPS) is 25.5. The van der Waals surface area contributed by atoms with Gasteiger partial charge in [0, 0.05) is 0 Å². The highest BCUT2D eigenvalue weighted by Gasteiger charge is 2.48. The average Bonchev–Trinajstić information content (AvgIpc) is 3.04. The van der Waals surface area contributed by atoms with Crippen molar-refractivity contribution >= 4 is 0 Å². The van der Waals surface area contributed by atoms with Crippen molar-refractivity contribution in [2.75, 3.05) is 6.54 Å². The van der Waals surface area contributed by atoms with Gasteiger partial charge in [-0.1, -0.05) is 18.2 Å². The quantitative estimate of drug-likeness (QED) is 0.805. The van der Waals surface area contributed by atoms with Crippen molar-refractivity contribution in [3.8, 4) is 0 Å². The molecule has 16 heavy (non-hydrogen) atoms. The van der Waals surface area contributed by atoms with Crippen LogP contribution in [-0.2, 0) is 5.41 Å². The standard InChI is InChI=1S/C15H21N/c1-11-3-2-4-13-12(6-10-16)5-7-15(8-9-15)14(11)13/h2-4,12H,5-10,16H2,1H3. The van der Waals surface area contributed by atoms with Gasteiger partial charge >= 0.3 is 0 Å². The maximum Gasteiger partial charge on any atom is -0.00407 e. The van der Waals surface area contributed by atoms with E-state index < -0.39 is 0 Å². The third-order valence-electron chi connectivity index (χ3n) is 4.62. The van der Waals surface area contributed by atoms with Crippen LogP contribution < -0.4 is 5.73 Å². The van der Waals surface area contributed by atoms with Gasteiger partial charge in [0.2, 0.25) is 0 Å². The summed E-state index contributed by atoms with van der Waals surface area (Å²) in [6, 6.07) is 6.85. The van der Waals surface area contributed by atoms with Crippen LogP contribution in [-0.4, -0.2) is 6.54 Å². The second-order valence-corrected chi connectivity index (χ2v) is 5.63. The van der Waals surface area contributed by atoms with E-state index in [-0.39, 0.29) is 0 Å². The van der Waals surface area contributed by atoms with Gasteiger partial charge in [0.1, 0.15) is 0 Å². The summed E-state index contributed by atoms with van der Waals surface area (Å²) >= 11 is 0. The number of nitrogens with two attached hydrogens (primary N) is 1. The van der Waals surface area contributed by atoms with Crippen LogP contribution in [0.1, 0.15) is 54.7 Å². The van der Waals surface area contributed by atoms with E-state index in [1.165, 1.54) is 31.2 Å². The van der Waals surface area contributed by atoms with Gasteiger partial charge in [0.15, 0.2) is 0 Å². The molecule has 1 saturated carbocycles. The highest BCUT2D eigenvalue weighted by molar-refractivity contribution is 5.47. The van der Waals surface area contributed by atoms with Gasteiger partial charge in [-0.15, -0.1) is 0 Å². The molecule has 1 aromatic carbocycles. The zero-order valence-electron chi connectivity index (χ0n) is 10.1. The van der Waals surface area contributed by atoms with E-state index in [4.69, 9.17) is 5.73 Å². The lowest BCUT2D eigenvalue weighted by Gasteiger charge is -2.33. The van der Waals surface area contributed by atoms with Gasteiger partial charge in [0.05, 0.1) is 0 Å². The van der Waals surface area contributed by atoms with Crippen molar-refractivity contribution in [3.63, 3.8) is 0 Å². The first-order chi connectivity index (χ1) is 7.77. The summed E-state index contributed by atoms with van der Waals surface area (Å²) in [5.41, 5.74) is 11.2. The van der Waals surface area contributed by atoms with E-state index in [1.54, 1.807) is 11.1 Å². The van der Waals surface area contributed by atoms with E-state index in [9.17, 15) is 0 Å². The molecule has 0 aliphatic heterocycles. The van der Waals surface area contributed by atoms with Crippen LogP contribution in [0.5, 0.6) is 0 Å². The Labute approximate surface area is 98.0 Å². The SMILES string of the molecule is Cc1cccc2c1C1(CCC2CCN)CC1. The Morgan fingerprint density at radius 1 is 1.31 bits per heavy atom. The van der Waals surface area contributed by atoms with E-state index in [0.717, 1.165) is 18.9 Å². The summed E-state index contributed by atoms with van der Waals surface area (Å²) in [4.78, 5) is 0. The third kappa shape index (κ3) is 1.41. The molecule has 0 bridgehead atoms. The predicted octanol–water partition coefficient (Wildman–Crippen LogP) is 3.25. The Bertz CT molecular complexity index is 404. The molecular formula is C15H21N. The lowest BCUT2D eigenvalue weighted by atomic mass is 9.72. The number of benzene rings is 1. The summed E-state index contributed by atoms with van der Waals surface area (Å²) in [5.74, 6) is 0.728. The fourth-order valence-corrected chi connectivity index (χ4v) is 3.64. The van der Waals surface area contributed by atoms with Crippen LogP contribution in [0.25, 0.3) is 0 Å². The van der Waals surface area contributed by atoms with Crippen LogP contribution in [0.4, 0.5) is 0 Å². The van der Waals surface area contributed by atoms with Crippen molar-refractivity contribution in [3.05, 3.63) is 34.9 Å². The van der Waals surface area contributed by atoms with E-state index in [1.807, 2.05) is 0 Å². The second kappa shape index (κ2) is 3.59. The molecule has 86 valence electrons. The molecule has 2 aliphatic rings. The fourth-order valence-electron chi connectivity index (χ4n) is 3.64. The summed E-state index contributed by atoms with van der Waals surface area (Å²) in [6.07, 6.45) is 6.75. The number of hydrogen-bond donors (Lipinski definition) is 1. The maximum atomic E-state index is 5.74. The number of fused-ring (bicyclic) bond motifs is 2. The Balaban J connectivity index is 2.07. The highest BCUT2D eigenvalue weighted by atomic mass is 14.6. The number of rotatable bonds is 2. The smallest absolute Gasteiger partial charge is 0.00407 e. The lowest BCUT2D eigenvalue weighted by Crippen LogP contribution is -2.22. The molecule has 1 unspecified atom stereocenters. The Kier molecular flexibility index (Phi) is 2.32. The first-order valence-corrected chi connectivity index (χ1v) is 6.57. The summed E-state index contributed by atoms with van der Waals surface area (Å²) in [6.45, 7) is 3.11. The molecular weight excluding hydrogens is 194 g/mol. The molecule has 0 amide bonds. The maximum absolute atomic E-state index is 5.74. The molecule has 1 fully saturated rings. The minimum absolute atomic E-state index is 0.589. The second-order valence-electron chi connectivity index (χ2n) is 5.63. The summed E-state index contributed by atoms with van der Waals surface area (Å²) < 4.78 is 0. The minimum atomic E-state index is 0.589. The Morgan fingerprint density at radius 3 is 2.81 bits per heavy atom. The molecule has 1 spiro atoms. The number of aryl methyl sites for hydroxylation is 1. The summed E-state index contributed by atoms with van der Waals surface area (Å²) in [5, 5.41) is 0. The van der Waals surface area contributed by atoms with Crippen LogP contribution in [0, 0.1) is 6.92 Å². The van der Waals surface area contributed by atoms with Gasteiger partial charge in [-0.05, 0) is 73.6 Å². The lowest BCUT2D eigenvalue weighted by molar-refractivity contribution is 0.453. The van der Waals surface area contributed by atoms with Crippen molar-refractivity contribution in [1.82, 2.24) is 0 Å². The highest BCUT2D eigenvalue weighted by Crippen LogP contribution is 2.58. The van der Waals surface area contributed by atoms with Gasteiger partial charge in [-0.25, -0.2) is 0 Å². The molecule has 1 heteroatoms. The Morgan fingerprint density at radius 2 is 2.12 bits per heavy atom. The average molecular weight is 215 g/mol. The van der Waals surface area contributed by atoms with Gasteiger partial charge in [-0.2, -0.15) is 0 Å². The van der Waals surface area contributed by atoms with E-state index >= 15 is 0 Å². The van der Waals surface area contributed by atoms with Crippen molar-refractivity contribution in [2.24, 2.45) is 5.73 Å². The fraction of sp³-hybridized carbons (Fsp3) is 0.600. The van der Waals surface area contributed by atoms with Gasteiger partial charge in [0.25, 0.3) is 0 Å².